The number of hydrogen-bond donors (Lipinski definition) is 2. The summed E-state index contributed by atoms with van der Waals surface area (Å²) >= 11 is 1.21. The number of amides is 2. The Morgan fingerprint density at radius 3 is 3.11 bits per heavy atom. The van der Waals surface area contributed by atoms with Crippen LogP contribution in [0.2, 0.25) is 0 Å². The molecule has 0 aliphatic heterocycles. The van der Waals surface area contributed by atoms with Crippen LogP contribution in [0.1, 0.15) is 30.3 Å². The highest BCUT2D eigenvalue weighted by Gasteiger charge is 2.27. The molecule has 7 nitrogen and oxygen atoms in total. The van der Waals surface area contributed by atoms with Crippen molar-refractivity contribution in [2.24, 2.45) is 0 Å². The van der Waals surface area contributed by atoms with Gasteiger partial charge in [-0.1, -0.05) is 0 Å². The molecule has 1 aliphatic carbocycles. The van der Waals surface area contributed by atoms with Crippen molar-refractivity contribution in [1.29, 1.82) is 0 Å². The maximum atomic E-state index is 11.6. The molecule has 0 aromatic carbocycles. The van der Waals surface area contributed by atoms with Crippen LogP contribution in [-0.4, -0.2) is 25.6 Å². The molecule has 0 radical (unpaired) electrons. The van der Waals surface area contributed by atoms with Crippen LogP contribution in [0.3, 0.4) is 0 Å². The fraction of sp³-hybridized carbons (Fsp3) is 0.364. The fourth-order valence-corrected chi connectivity index (χ4v) is 2.18. The van der Waals surface area contributed by atoms with Gasteiger partial charge in [0.25, 0.3) is 0 Å². The van der Waals surface area contributed by atoms with E-state index in [2.05, 4.69) is 30.2 Å². The standard InChI is InChI=1S/C11H12N6OS/c18-10(12-6-8-2-1-5-13-16-8)15-11-14-9(17-19-11)7-3-4-7/h1-2,5,7H,3-4,6H2,(H2,12,14,15,17,18). The minimum Gasteiger partial charge on any atom is -0.332 e. The summed E-state index contributed by atoms with van der Waals surface area (Å²) in [6, 6.07) is 3.25. The minimum atomic E-state index is -0.316. The first-order chi connectivity index (χ1) is 9.31. The monoisotopic (exact) mass is 276 g/mol. The molecule has 0 bridgehead atoms. The molecule has 0 atom stereocenters. The van der Waals surface area contributed by atoms with E-state index in [1.165, 1.54) is 11.5 Å². The quantitative estimate of drug-likeness (QED) is 0.883. The van der Waals surface area contributed by atoms with Crippen molar-refractivity contribution in [2.75, 3.05) is 5.32 Å². The second-order valence-corrected chi connectivity index (χ2v) is 5.01. The molecule has 0 saturated heterocycles. The number of urea groups is 1. The van der Waals surface area contributed by atoms with E-state index in [0.717, 1.165) is 18.7 Å². The Kier molecular flexibility index (Phi) is 3.32. The summed E-state index contributed by atoms with van der Waals surface area (Å²) in [4.78, 5) is 15.9. The minimum absolute atomic E-state index is 0.316. The van der Waals surface area contributed by atoms with Crippen LogP contribution < -0.4 is 10.6 Å². The van der Waals surface area contributed by atoms with Gasteiger partial charge in [-0.3, -0.25) is 5.32 Å². The first kappa shape index (κ1) is 12.0. The van der Waals surface area contributed by atoms with E-state index in [4.69, 9.17) is 0 Å². The van der Waals surface area contributed by atoms with Gasteiger partial charge in [0.15, 0.2) is 0 Å². The van der Waals surface area contributed by atoms with Gasteiger partial charge >= 0.3 is 6.03 Å². The number of nitrogens with zero attached hydrogens (tertiary/aromatic N) is 4. The molecule has 2 aromatic heterocycles. The summed E-state index contributed by atoms with van der Waals surface area (Å²) in [5, 5.41) is 13.5. The lowest BCUT2D eigenvalue weighted by molar-refractivity contribution is 0.251. The average molecular weight is 276 g/mol. The smallest absolute Gasteiger partial charge is 0.321 e. The topological polar surface area (TPSA) is 92.7 Å². The summed E-state index contributed by atoms with van der Waals surface area (Å²) in [7, 11) is 0. The summed E-state index contributed by atoms with van der Waals surface area (Å²) in [6.45, 7) is 0.327. The maximum Gasteiger partial charge on any atom is 0.321 e. The number of nitrogens with one attached hydrogen (secondary N) is 2. The third-order valence-corrected chi connectivity index (χ3v) is 3.31. The van der Waals surface area contributed by atoms with E-state index in [9.17, 15) is 4.79 Å². The summed E-state index contributed by atoms with van der Waals surface area (Å²) in [5.74, 6) is 1.34. The predicted molar refractivity (Wildman–Crippen MR) is 69.8 cm³/mol. The lowest BCUT2D eigenvalue weighted by Gasteiger charge is -2.03. The highest BCUT2D eigenvalue weighted by atomic mass is 32.1. The molecule has 1 saturated carbocycles. The van der Waals surface area contributed by atoms with Crippen LogP contribution in [0.4, 0.5) is 9.93 Å². The number of aromatic nitrogens is 4. The van der Waals surface area contributed by atoms with E-state index >= 15 is 0 Å². The van der Waals surface area contributed by atoms with E-state index < -0.39 is 0 Å². The second-order valence-electron chi connectivity index (χ2n) is 4.25. The van der Waals surface area contributed by atoms with Gasteiger partial charge in [-0.05, 0) is 25.0 Å². The van der Waals surface area contributed by atoms with Crippen LogP contribution in [0.15, 0.2) is 18.3 Å². The normalized spacial score (nSPS) is 14.1. The van der Waals surface area contributed by atoms with Gasteiger partial charge in [0, 0.05) is 23.6 Å². The largest absolute Gasteiger partial charge is 0.332 e. The first-order valence-corrected chi connectivity index (χ1v) is 6.73. The molecule has 1 aliphatic rings. The third-order valence-electron chi connectivity index (χ3n) is 2.66. The Morgan fingerprint density at radius 1 is 1.47 bits per heavy atom. The van der Waals surface area contributed by atoms with Crippen LogP contribution in [0, 0.1) is 0 Å². The average Bonchev–Trinajstić information content (AvgIpc) is 3.19. The lowest BCUT2D eigenvalue weighted by Crippen LogP contribution is -2.28. The van der Waals surface area contributed by atoms with Crippen molar-refractivity contribution in [3.63, 3.8) is 0 Å². The number of carbonyl (C=O) groups is 1. The lowest BCUT2D eigenvalue weighted by atomic mass is 10.4. The Bertz CT molecular complexity index is 568. The van der Waals surface area contributed by atoms with E-state index in [1.54, 1.807) is 18.3 Å². The van der Waals surface area contributed by atoms with E-state index in [-0.39, 0.29) is 6.03 Å². The molecule has 98 valence electrons. The maximum absolute atomic E-state index is 11.6. The number of anilines is 1. The SMILES string of the molecule is O=C(NCc1cccnn1)Nc1nc(C2CC2)ns1. The zero-order chi connectivity index (χ0) is 13.1. The summed E-state index contributed by atoms with van der Waals surface area (Å²) < 4.78 is 4.22. The van der Waals surface area contributed by atoms with Crippen LogP contribution in [0.5, 0.6) is 0 Å². The summed E-state index contributed by atoms with van der Waals surface area (Å²) in [5.41, 5.74) is 0.702. The van der Waals surface area contributed by atoms with Crippen molar-refractivity contribution < 1.29 is 4.79 Å². The predicted octanol–water partition coefficient (Wildman–Crippen LogP) is 1.53. The van der Waals surface area contributed by atoms with Gasteiger partial charge in [0.2, 0.25) is 5.13 Å². The molecule has 2 N–H and O–H groups in total. The van der Waals surface area contributed by atoms with Gasteiger partial charge in [-0.15, -0.1) is 0 Å². The Labute approximate surface area is 113 Å². The van der Waals surface area contributed by atoms with Crippen molar-refractivity contribution in [3.05, 3.63) is 29.8 Å². The van der Waals surface area contributed by atoms with E-state index in [0.29, 0.717) is 23.3 Å². The van der Waals surface area contributed by atoms with Crippen molar-refractivity contribution in [2.45, 2.75) is 25.3 Å². The molecule has 3 rings (SSSR count). The molecule has 0 unspecified atom stereocenters. The van der Waals surface area contributed by atoms with E-state index in [1.807, 2.05) is 0 Å². The second kappa shape index (κ2) is 5.27. The molecular formula is C11H12N6OS. The third kappa shape index (κ3) is 3.22. The first-order valence-electron chi connectivity index (χ1n) is 5.96. The number of hydrogen-bond acceptors (Lipinski definition) is 6. The molecular weight excluding hydrogens is 264 g/mol. The molecule has 0 spiro atoms. The molecule has 8 heteroatoms. The van der Waals surface area contributed by atoms with Gasteiger partial charge in [0.1, 0.15) is 5.82 Å². The molecule has 2 heterocycles. The van der Waals surface area contributed by atoms with Crippen molar-refractivity contribution >= 4 is 22.7 Å². The van der Waals surface area contributed by atoms with Crippen LogP contribution in [-0.2, 0) is 6.54 Å². The van der Waals surface area contributed by atoms with Gasteiger partial charge in [-0.25, -0.2) is 9.78 Å². The van der Waals surface area contributed by atoms with Gasteiger partial charge in [0.05, 0.1) is 12.2 Å². The Hall–Kier alpha value is -2.09. The molecule has 2 aromatic rings. The van der Waals surface area contributed by atoms with Crippen molar-refractivity contribution in [1.82, 2.24) is 24.9 Å². The number of rotatable bonds is 4. The highest BCUT2D eigenvalue weighted by molar-refractivity contribution is 7.09. The Balaban J connectivity index is 1.50. The van der Waals surface area contributed by atoms with Crippen LogP contribution in [0.25, 0.3) is 0 Å². The zero-order valence-electron chi connectivity index (χ0n) is 10.0. The highest BCUT2D eigenvalue weighted by Crippen LogP contribution is 2.39. The molecule has 2 amide bonds. The fourth-order valence-electron chi connectivity index (χ4n) is 1.53. The zero-order valence-corrected chi connectivity index (χ0v) is 10.9. The van der Waals surface area contributed by atoms with Crippen LogP contribution >= 0.6 is 11.5 Å². The van der Waals surface area contributed by atoms with Gasteiger partial charge in [-0.2, -0.15) is 14.6 Å². The molecule has 1 fully saturated rings. The number of carbonyl (C=O) groups excluding carboxylic acids is 1. The summed E-state index contributed by atoms with van der Waals surface area (Å²) in [6.07, 6.45) is 3.88. The Morgan fingerprint density at radius 2 is 2.37 bits per heavy atom. The molecule has 19 heavy (non-hydrogen) atoms. The van der Waals surface area contributed by atoms with Crippen molar-refractivity contribution in [3.8, 4) is 0 Å². The van der Waals surface area contributed by atoms with Gasteiger partial charge < -0.3 is 5.32 Å².